The molecule has 0 atom stereocenters. The molecule has 0 fully saturated rings. The van der Waals surface area contributed by atoms with Crippen LogP contribution in [-0.2, 0) is 9.84 Å². The fourth-order valence-electron chi connectivity index (χ4n) is 0.627. The van der Waals surface area contributed by atoms with Crippen LogP contribution in [0.3, 0.4) is 0 Å². The number of thiophene rings is 1. The Labute approximate surface area is 92.4 Å². The Hall–Kier alpha value is 0.230. The van der Waals surface area contributed by atoms with Gasteiger partial charge in [-0.2, -0.15) is 0 Å². The Morgan fingerprint density at radius 2 is 1.77 bits per heavy atom. The molecule has 0 saturated heterocycles. The molecule has 0 spiro atoms. The third-order valence-electron chi connectivity index (χ3n) is 1.03. The Balaban J connectivity index is 0.000000671. The predicted octanol–water partition coefficient (Wildman–Crippen LogP) is 3.48. The molecular weight excluding hydrogens is 251 g/mol. The zero-order valence-corrected chi connectivity index (χ0v) is 10.6. The molecule has 0 radical (unpaired) electrons. The molecule has 0 bridgehead atoms. The fraction of sp³-hybridized carbons (Fsp3) is 0.429. The van der Waals surface area contributed by atoms with Crippen molar-refractivity contribution in [2.24, 2.45) is 0 Å². The van der Waals surface area contributed by atoms with Gasteiger partial charge in [-0.15, -0.1) is 11.3 Å². The van der Waals surface area contributed by atoms with Gasteiger partial charge in [0, 0.05) is 11.6 Å². The lowest BCUT2D eigenvalue weighted by molar-refractivity contribution is 0.602. The second kappa shape index (κ2) is 5.20. The summed E-state index contributed by atoms with van der Waals surface area (Å²) in [7, 11) is -3.27. The average Bonchev–Trinajstić information content (AvgIpc) is 2.33. The van der Waals surface area contributed by atoms with Crippen LogP contribution in [0.4, 0.5) is 0 Å². The van der Waals surface area contributed by atoms with E-state index in [-0.39, 0.29) is 14.3 Å². The molecule has 0 unspecified atom stereocenters. The lowest BCUT2D eigenvalue weighted by Crippen LogP contribution is -1.95. The predicted molar refractivity (Wildman–Crippen MR) is 58.8 cm³/mol. The first-order chi connectivity index (χ1) is 5.93. The van der Waals surface area contributed by atoms with E-state index in [4.69, 9.17) is 23.2 Å². The average molecular weight is 261 g/mol. The summed E-state index contributed by atoms with van der Waals surface area (Å²) in [4.78, 5) is 0.0332. The zero-order chi connectivity index (χ0) is 10.6. The first-order valence-electron chi connectivity index (χ1n) is 3.55. The lowest BCUT2D eigenvalue weighted by Gasteiger charge is -1.93. The van der Waals surface area contributed by atoms with Gasteiger partial charge in [0.2, 0.25) is 0 Å². The summed E-state index contributed by atoms with van der Waals surface area (Å²) in [5.41, 5.74) is 0. The summed E-state index contributed by atoms with van der Waals surface area (Å²) in [6.07, 6.45) is 1.08. The zero-order valence-electron chi connectivity index (χ0n) is 7.47. The normalized spacial score (nSPS) is 10.5. The van der Waals surface area contributed by atoms with Crippen LogP contribution in [0.2, 0.25) is 9.36 Å². The van der Waals surface area contributed by atoms with Crippen LogP contribution in [0.1, 0.15) is 13.8 Å². The van der Waals surface area contributed by atoms with Gasteiger partial charge in [0.05, 0.1) is 5.02 Å². The van der Waals surface area contributed by atoms with E-state index in [1.807, 2.05) is 13.8 Å². The molecule has 2 nitrogen and oxygen atoms in total. The van der Waals surface area contributed by atoms with Crippen LogP contribution in [0.15, 0.2) is 10.3 Å². The molecule has 76 valence electrons. The molecule has 6 heteroatoms. The number of hydrogen-bond donors (Lipinski definition) is 0. The quantitative estimate of drug-likeness (QED) is 0.775. The van der Waals surface area contributed by atoms with Crippen LogP contribution in [-0.4, -0.2) is 14.7 Å². The molecule has 0 N–H and O–H groups in total. The van der Waals surface area contributed by atoms with Crippen molar-refractivity contribution >= 4 is 44.4 Å². The highest BCUT2D eigenvalue weighted by molar-refractivity contribution is 7.91. The molecule has 0 amide bonds. The van der Waals surface area contributed by atoms with Crippen molar-refractivity contribution in [1.29, 1.82) is 0 Å². The van der Waals surface area contributed by atoms with Gasteiger partial charge in [-0.25, -0.2) is 8.42 Å². The Morgan fingerprint density at radius 1 is 1.31 bits per heavy atom. The minimum absolute atomic E-state index is 0.0332. The fourth-order valence-corrected chi connectivity index (χ4v) is 3.96. The van der Waals surface area contributed by atoms with Crippen molar-refractivity contribution in [2.75, 3.05) is 6.26 Å². The van der Waals surface area contributed by atoms with E-state index in [1.165, 1.54) is 5.38 Å². The molecule has 1 heterocycles. The Bertz CT molecular complexity index is 348. The Kier molecular flexibility index (Phi) is 5.29. The monoisotopic (exact) mass is 260 g/mol. The second-order valence-corrected chi connectivity index (χ2v) is 5.80. The van der Waals surface area contributed by atoms with Gasteiger partial charge >= 0.3 is 0 Å². The van der Waals surface area contributed by atoms with Crippen LogP contribution in [0.25, 0.3) is 0 Å². The summed E-state index contributed by atoms with van der Waals surface area (Å²) in [6.45, 7) is 4.00. The molecule has 0 aliphatic carbocycles. The van der Waals surface area contributed by atoms with Gasteiger partial charge in [0.25, 0.3) is 0 Å². The van der Waals surface area contributed by atoms with E-state index in [9.17, 15) is 8.42 Å². The molecule has 1 aromatic rings. The van der Waals surface area contributed by atoms with Gasteiger partial charge in [-0.1, -0.05) is 37.0 Å². The molecule has 1 aromatic heterocycles. The number of halogens is 2. The first-order valence-corrected chi connectivity index (χ1v) is 7.08. The van der Waals surface area contributed by atoms with Crippen LogP contribution < -0.4 is 0 Å². The van der Waals surface area contributed by atoms with E-state index in [0.717, 1.165) is 17.6 Å². The topological polar surface area (TPSA) is 34.1 Å². The van der Waals surface area contributed by atoms with E-state index < -0.39 is 9.84 Å². The van der Waals surface area contributed by atoms with Crippen molar-refractivity contribution in [3.05, 3.63) is 14.7 Å². The number of hydrogen-bond acceptors (Lipinski definition) is 3. The number of sulfone groups is 1. The highest BCUT2D eigenvalue weighted by Crippen LogP contribution is 2.34. The maximum Gasteiger partial charge on any atom is 0.179 e. The van der Waals surface area contributed by atoms with Crippen molar-refractivity contribution in [2.45, 2.75) is 18.7 Å². The smallest absolute Gasteiger partial charge is 0.179 e. The molecular formula is C7H10Cl2O2S2. The summed E-state index contributed by atoms with van der Waals surface area (Å²) >= 11 is 12.3. The van der Waals surface area contributed by atoms with Crippen molar-refractivity contribution in [3.8, 4) is 0 Å². The largest absolute Gasteiger partial charge is 0.224 e. The number of rotatable bonds is 1. The summed E-state index contributed by atoms with van der Waals surface area (Å²) in [5, 5.41) is 1.70. The van der Waals surface area contributed by atoms with E-state index >= 15 is 0 Å². The highest BCUT2D eigenvalue weighted by Gasteiger charge is 2.18. The molecule has 0 aliphatic rings. The van der Waals surface area contributed by atoms with Crippen LogP contribution in [0.5, 0.6) is 0 Å². The van der Waals surface area contributed by atoms with Crippen LogP contribution in [0, 0.1) is 0 Å². The van der Waals surface area contributed by atoms with Crippen molar-refractivity contribution in [1.82, 2.24) is 0 Å². The van der Waals surface area contributed by atoms with Crippen LogP contribution >= 0.6 is 34.5 Å². The van der Waals surface area contributed by atoms with E-state index in [1.54, 1.807) is 0 Å². The van der Waals surface area contributed by atoms with Gasteiger partial charge in [0.15, 0.2) is 9.84 Å². The maximum atomic E-state index is 11.0. The SMILES string of the molecule is CC.CS(=O)(=O)c1c(Cl)csc1Cl. The molecule has 0 aliphatic heterocycles. The van der Waals surface area contributed by atoms with Crippen molar-refractivity contribution < 1.29 is 8.42 Å². The standard InChI is InChI=1S/C5H4Cl2O2S2.C2H6/c1-11(8,9)4-3(6)2-10-5(4)7;1-2/h2H,1H3;1-2H3. The minimum Gasteiger partial charge on any atom is -0.224 e. The molecule has 13 heavy (non-hydrogen) atoms. The minimum atomic E-state index is -3.27. The van der Waals surface area contributed by atoms with Gasteiger partial charge in [0.1, 0.15) is 9.23 Å². The highest BCUT2D eigenvalue weighted by atomic mass is 35.5. The maximum absolute atomic E-state index is 11.0. The molecule has 1 rings (SSSR count). The molecule has 0 aromatic carbocycles. The summed E-state index contributed by atoms with van der Waals surface area (Å²) in [6, 6.07) is 0. The lowest BCUT2D eigenvalue weighted by atomic mass is 10.7. The van der Waals surface area contributed by atoms with Gasteiger partial charge in [-0.3, -0.25) is 0 Å². The van der Waals surface area contributed by atoms with Gasteiger partial charge < -0.3 is 0 Å². The van der Waals surface area contributed by atoms with E-state index in [0.29, 0.717) is 0 Å². The Morgan fingerprint density at radius 3 is 1.92 bits per heavy atom. The third kappa shape index (κ3) is 3.46. The van der Waals surface area contributed by atoms with E-state index in [2.05, 4.69) is 0 Å². The summed E-state index contributed by atoms with van der Waals surface area (Å²) < 4.78 is 22.2. The first kappa shape index (κ1) is 13.2. The second-order valence-electron chi connectivity index (χ2n) is 1.96. The molecule has 0 saturated carbocycles. The van der Waals surface area contributed by atoms with Gasteiger partial charge in [-0.05, 0) is 0 Å². The summed E-state index contributed by atoms with van der Waals surface area (Å²) in [5.74, 6) is 0. The van der Waals surface area contributed by atoms with Crippen molar-refractivity contribution in [3.63, 3.8) is 0 Å². The third-order valence-corrected chi connectivity index (χ3v) is 4.20.